The minimum atomic E-state index is -1.69. The Labute approximate surface area is 64.6 Å². The van der Waals surface area contributed by atoms with Gasteiger partial charge in [-0.15, -0.1) is 6.58 Å². The predicted molar refractivity (Wildman–Crippen MR) is 44.2 cm³/mol. The second kappa shape index (κ2) is 4.63. The van der Waals surface area contributed by atoms with Crippen LogP contribution in [0.4, 0.5) is 0 Å². The van der Waals surface area contributed by atoms with E-state index < -0.39 is 11.1 Å². The lowest BCUT2D eigenvalue weighted by molar-refractivity contribution is 0.504. The molecule has 3 unspecified atom stereocenters. The van der Waals surface area contributed by atoms with Crippen LogP contribution >= 0.6 is 0 Å². The molecule has 0 aromatic heterocycles. The van der Waals surface area contributed by atoms with Gasteiger partial charge in [-0.2, -0.15) is 0 Å². The van der Waals surface area contributed by atoms with Crippen LogP contribution in [0.1, 0.15) is 20.3 Å². The zero-order valence-electron chi connectivity index (χ0n) is 6.41. The Balaban J connectivity index is 3.80. The molecule has 0 aromatic rings. The van der Waals surface area contributed by atoms with Gasteiger partial charge in [-0.05, 0) is 19.3 Å². The fourth-order valence-electron chi connectivity index (χ4n) is 0.653. The topological polar surface area (TPSA) is 37.3 Å². The number of rotatable bonds is 4. The Kier molecular flexibility index (Phi) is 4.56. The van der Waals surface area contributed by atoms with Crippen molar-refractivity contribution in [2.45, 2.75) is 25.5 Å². The molecule has 3 atom stereocenters. The normalized spacial score (nSPS) is 19.5. The van der Waals surface area contributed by atoms with Crippen LogP contribution in [0.2, 0.25) is 0 Å². The van der Waals surface area contributed by atoms with Crippen molar-refractivity contribution in [2.24, 2.45) is 5.92 Å². The quantitative estimate of drug-likeness (QED) is 0.505. The van der Waals surface area contributed by atoms with Crippen molar-refractivity contribution in [3.8, 4) is 0 Å². The van der Waals surface area contributed by atoms with E-state index in [9.17, 15) is 4.21 Å². The molecule has 0 fully saturated rings. The van der Waals surface area contributed by atoms with Crippen molar-refractivity contribution in [3.05, 3.63) is 12.7 Å². The summed E-state index contributed by atoms with van der Waals surface area (Å²) < 4.78 is 19.1. The Hall–Kier alpha value is -0.150. The molecule has 0 saturated carbocycles. The fraction of sp³-hybridized carbons (Fsp3) is 0.714. The molecule has 0 spiro atoms. The molecule has 0 amide bonds. The summed E-state index contributed by atoms with van der Waals surface area (Å²) in [5.41, 5.74) is 0. The Morgan fingerprint density at radius 2 is 2.20 bits per heavy atom. The lowest BCUT2D eigenvalue weighted by atomic mass is 10.1. The molecule has 0 aromatic carbocycles. The van der Waals surface area contributed by atoms with Crippen molar-refractivity contribution in [1.82, 2.24) is 0 Å². The summed E-state index contributed by atoms with van der Waals surface area (Å²) >= 11 is -1.69. The maximum absolute atomic E-state index is 10.5. The average Bonchev–Trinajstić information content (AvgIpc) is 1.87. The average molecular weight is 162 g/mol. The maximum Gasteiger partial charge on any atom is 0.155 e. The summed E-state index contributed by atoms with van der Waals surface area (Å²) in [5, 5.41) is -0.155. The fourth-order valence-corrected chi connectivity index (χ4v) is 1.16. The Morgan fingerprint density at radius 1 is 1.70 bits per heavy atom. The lowest BCUT2D eigenvalue weighted by Gasteiger charge is -2.13. The molecule has 0 saturated heterocycles. The van der Waals surface area contributed by atoms with E-state index >= 15 is 0 Å². The second-order valence-corrected chi connectivity index (χ2v) is 3.78. The smallest absolute Gasteiger partial charge is 0.155 e. The van der Waals surface area contributed by atoms with Crippen LogP contribution in [0.25, 0.3) is 0 Å². The summed E-state index contributed by atoms with van der Waals surface area (Å²) in [4.78, 5) is 0. The third kappa shape index (κ3) is 3.13. The third-order valence-corrected chi connectivity index (χ3v) is 2.76. The van der Waals surface area contributed by atoms with E-state index in [-0.39, 0.29) is 11.2 Å². The minimum Gasteiger partial charge on any atom is -0.306 e. The van der Waals surface area contributed by atoms with Crippen molar-refractivity contribution in [2.75, 3.05) is 0 Å². The lowest BCUT2D eigenvalue weighted by Crippen LogP contribution is -2.18. The van der Waals surface area contributed by atoms with E-state index in [4.69, 9.17) is 4.55 Å². The van der Waals surface area contributed by atoms with Crippen LogP contribution < -0.4 is 0 Å². The first-order valence-corrected chi connectivity index (χ1v) is 4.47. The van der Waals surface area contributed by atoms with Gasteiger partial charge in [-0.1, -0.05) is 13.0 Å². The first kappa shape index (κ1) is 9.85. The van der Waals surface area contributed by atoms with Crippen LogP contribution in [0.3, 0.4) is 0 Å². The molecule has 60 valence electrons. The molecule has 10 heavy (non-hydrogen) atoms. The van der Waals surface area contributed by atoms with Crippen molar-refractivity contribution in [3.63, 3.8) is 0 Å². The summed E-state index contributed by atoms with van der Waals surface area (Å²) in [6.45, 7) is 7.27. The molecule has 2 nitrogen and oxygen atoms in total. The molecule has 0 bridgehead atoms. The molecule has 0 rings (SSSR count). The van der Waals surface area contributed by atoms with Crippen molar-refractivity contribution < 1.29 is 8.76 Å². The SMILES string of the molecule is C=CCC(C)C(C)S(=O)O. The molecular weight excluding hydrogens is 148 g/mol. The largest absolute Gasteiger partial charge is 0.306 e. The highest BCUT2D eigenvalue weighted by Gasteiger charge is 2.15. The first-order valence-electron chi connectivity index (χ1n) is 3.30. The molecule has 3 heteroatoms. The van der Waals surface area contributed by atoms with Crippen LogP contribution in [-0.4, -0.2) is 14.0 Å². The molecule has 1 N–H and O–H groups in total. The van der Waals surface area contributed by atoms with Crippen molar-refractivity contribution >= 4 is 11.1 Å². The van der Waals surface area contributed by atoms with Gasteiger partial charge < -0.3 is 4.55 Å². The first-order chi connectivity index (χ1) is 4.59. The minimum absolute atomic E-state index is 0.155. The van der Waals surface area contributed by atoms with Gasteiger partial charge in [0.25, 0.3) is 0 Å². The number of allylic oxidation sites excluding steroid dienone is 1. The standard InChI is InChI=1S/C7H14O2S/c1-4-5-6(2)7(3)10(8)9/h4,6-7H,1,5H2,2-3H3,(H,8,9). The monoisotopic (exact) mass is 162 g/mol. The van der Waals surface area contributed by atoms with Gasteiger partial charge in [0.05, 0.1) is 5.25 Å². The Morgan fingerprint density at radius 3 is 2.50 bits per heavy atom. The molecule has 0 aliphatic heterocycles. The van der Waals surface area contributed by atoms with Crippen molar-refractivity contribution in [1.29, 1.82) is 0 Å². The van der Waals surface area contributed by atoms with Crippen LogP contribution in [0, 0.1) is 5.92 Å². The van der Waals surface area contributed by atoms with E-state index in [1.807, 2.05) is 6.92 Å². The van der Waals surface area contributed by atoms with Crippen LogP contribution in [0.5, 0.6) is 0 Å². The zero-order chi connectivity index (χ0) is 8.15. The number of hydrogen-bond donors (Lipinski definition) is 1. The summed E-state index contributed by atoms with van der Waals surface area (Å²) in [6, 6.07) is 0. The van der Waals surface area contributed by atoms with Gasteiger partial charge in [0.1, 0.15) is 0 Å². The van der Waals surface area contributed by atoms with Crippen LogP contribution in [-0.2, 0) is 11.1 Å². The van der Waals surface area contributed by atoms with E-state index in [1.54, 1.807) is 13.0 Å². The molecule has 0 aliphatic carbocycles. The highest BCUT2D eigenvalue weighted by Crippen LogP contribution is 2.12. The highest BCUT2D eigenvalue weighted by atomic mass is 32.2. The maximum atomic E-state index is 10.5. The van der Waals surface area contributed by atoms with Gasteiger partial charge in [0, 0.05) is 0 Å². The van der Waals surface area contributed by atoms with E-state index in [0.29, 0.717) is 0 Å². The number of hydrogen-bond acceptors (Lipinski definition) is 1. The van der Waals surface area contributed by atoms with E-state index in [0.717, 1.165) is 6.42 Å². The van der Waals surface area contributed by atoms with Gasteiger partial charge >= 0.3 is 0 Å². The molecule has 0 heterocycles. The Bertz CT molecular complexity index is 134. The summed E-state index contributed by atoms with van der Waals surface area (Å²) in [6.07, 6.45) is 2.57. The van der Waals surface area contributed by atoms with Gasteiger partial charge in [0.2, 0.25) is 0 Å². The van der Waals surface area contributed by atoms with Gasteiger partial charge in [-0.3, -0.25) is 0 Å². The van der Waals surface area contributed by atoms with Gasteiger partial charge in [-0.25, -0.2) is 4.21 Å². The third-order valence-electron chi connectivity index (χ3n) is 1.66. The summed E-state index contributed by atoms with van der Waals surface area (Å²) in [5.74, 6) is 0.239. The van der Waals surface area contributed by atoms with Crippen LogP contribution in [0.15, 0.2) is 12.7 Å². The molecule has 0 aliphatic rings. The second-order valence-electron chi connectivity index (χ2n) is 2.48. The highest BCUT2D eigenvalue weighted by molar-refractivity contribution is 7.79. The van der Waals surface area contributed by atoms with E-state index in [2.05, 4.69) is 6.58 Å². The zero-order valence-corrected chi connectivity index (χ0v) is 7.23. The van der Waals surface area contributed by atoms with Gasteiger partial charge in [0.15, 0.2) is 11.1 Å². The van der Waals surface area contributed by atoms with E-state index in [1.165, 1.54) is 0 Å². The predicted octanol–water partition coefficient (Wildman–Crippen LogP) is 1.81. The molecular formula is C7H14O2S. The molecule has 0 radical (unpaired) electrons. The summed E-state index contributed by atoms with van der Waals surface area (Å²) in [7, 11) is 0.